The molecule has 1 aromatic heterocycles. The van der Waals surface area contributed by atoms with Crippen LogP contribution in [0.4, 0.5) is 0 Å². The largest absolute Gasteiger partial charge is 0.497 e. The first kappa shape index (κ1) is 17.7. The average Bonchev–Trinajstić information content (AvgIpc) is 3.11. The summed E-state index contributed by atoms with van der Waals surface area (Å²) in [5.74, 6) is 0.451. The summed E-state index contributed by atoms with van der Waals surface area (Å²) in [4.78, 5) is 26.8. The average molecular weight is 350 g/mol. The van der Waals surface area contributed by atoms with Gasteiger partial charge in [0.1, 0.15) is 17.7 Å². The molecule has 134 valence electrons. The van der Waals surface area contributed by atoms with E-state index in [-0.39, 0.29) is 5.91 Å². The van der Waals surface area contributed by atoms with Crippen molar-refractivity contribution in [2.75, 3.05) is 7.11 Å². The minimum atomic E-state index is -0.493. The van der Waals surface area contributed by atoms with E-state index in [1.165, 1.54) is 5.56 Å². The number of ether oxygens (including phenoxy) is 1. The van der Waals surface area contributed by atoms with Gasteiger partial charge < -0.3 is 19.8 Å². The molecule has 5 nitrogen and oxygen atoms in total. The number of aromatic nitrogens is 1. The molecule has 26 heavy (non-hydrogen) atoms. The SMILES string of the molecule is COc1ccc2[nH]c(C(=O)N[C@@H](C=O)CCCc3ccccc3)cc2c1. The van der Waals surface area contributed by atoms with Gasteiger partial charge in [-0.15, -0.1) is 0 Å². The number of benzene rings is 2. The number of aldehydes is 1. The van der Waals surface area contributed by atoms with Gasteiger partial charge in [0.25, 0.3) is 5.91 Å². The molecule has 3 rings (SSSR count). The van der Waals surface area contributed by atoms with Gasteiger partial charge in [-0.05, 0) is 49.1 Å². The Morgan fingerprint density at radius 3 is 2.73 bits per heavy atom. The number of nitrogens with one attached hydrogen (secondary N) is 2. The molecule has 0 saturated heterocycles. The Labute approximate surface area is 152 Å². The third kappa shape index (κ3) is 4.30. The maximum atomic E-state index is 12.4. The van der Waals surface area contributed by atoms with E-state index in [0.717, 1.165) is 35.8 Å². The highest BCUT2D eigenvalue weighted by molar-refractivity contribution is 5.99. The first-order valence-corrected chi connectivity index (χ1v) is 8.66. The number of aromatic amines is 1. The van der Waals surface area contributed by atoms with Gasteiger partial charge in [0.15, 0.2) is 0 Å². The van der Waals surface area contributed by atoms with Gasteiger partial charge in [-0.3, -0.25) is 4.79 Å². The molecular weight excluding hydrogens is 328 g/mol. The highest BCUT2D eigenvalue weighted by atomic mass is 16.5. The van der Waals surface area contributed by atoms with Crippen molar-refractivity contribution >= 4 is 23.1 Å². The second-order valence-corrected chi connectivity index (χ2v) is 6.23. The van der Waals surface area contributed by atoms with Crippen LogP contribution in [-0.2, 0) is 11.2 Å². The van der Waals surface area contributed by atoms with Gasteiger partial charge in [-0.1, -0.05) is 30.3 Å². The molecular formula is C21H22N2O3. The van der Waals surface area contributed by atoms with Gasteiger partial charge in [0.05, 0.1) is 13.2 Å². The van der Waals surface area contributed by atoms with E-state index in [4.69, 9.17) is 4.74 Å². The van der Waals surface area contributed by atoms with Crippen LogP contribution < -0.4 is 10.1 Å². The first-order valence-electron chi connectivity index (χ1n) is 8.66. The number of hydrogen-bond acceptors (Lipinski definition) is 3. The second-order valence-electron chi connectivity index (χ2n) is 6.23. The lowest BCUT2D eigenvalue weighted by Crippen LogP contribution is -2.36. The fourth-order valence-electron chi connectivity index (χ4n) is 2.95. The van der Waals surface area contributed by atoms with E-state index in [1.54, 1.807) is 13.2 Å². The molecule has 5 heteroatoms. The van der Waals surface area contributed by atoms with Gasteiger partial charge in [-0.25, -0.2) is 0 Å². The number of H-pyrrole nitrogens is 1. The van der Waals surface area contributed by atoms with E-state index in [9.17, 15) is 9.59 Å². The maximum Gasteiger partial charge on any atom is 0.268 e. The smallest absolute Gasteiger partial charge is 0.268 e. The van der Waals surface area contributed by atoms with E-state index < -0.39 is 6.04 Å². The third-order valence-electron chi connectivity index (χ3n) is 4.38. The molecule has 2 aromatic carbocycles. The molecule has 0 aliphatic rings. The van der Waals surface area contributed by atoms with Crippen molar-refractivity contribution in [1.29, 1.82) is 0 Å². The zero-order valence-electron chi connectivity index (χ0n) is 14.7. The Hall–Kier alpha value is -3.08. The summed E-state index contributed by atoms with van der Waals surface area (Å²) in [6.45, 7) is 0. The summed E-state index contributed by atoms with van der Waals surface area (Å²) >= 11 is 0. The van der Waals surface area contributed by atoms with Crippen LogP contribution in [0.3, 0.4) is 0 Å². The monoisotopic (exact) mass is 350 g/mol. The second kappa shape index (κ2) is 8.34. The number of fused-ring (bicyclic) bond motifs is 1. The molecule has 0 fully saturated rings. The van der Waals surface area contributed by atoms with Gasteiger partial charge >= 0.3 is 0 Å². The van der Waals surface area contributed by atoms with Crippen molar-refractivity contribution in [1.82, 2.24) is 10.3 Å². The molecule has 0 aliphatic carbocycles. The fraction of sp³-hybridized carbons (Fsp3) is 0.238. The fourth-order valence-corrected chi connectivity index (χ4v) is 2.95. The van der Waals surface area contributed by atoms with Crippen molar-refractivity contribution in [3.8, 4) is 5.75 Å². The lowest BCUT2D eigenvalue weighted by atomic mass is 10.1. The number of methoxy groups -OCH3 is 1. The normalized spacial score (nSPS) is 11.9. The molecule has 0 aliphatic heterocycles. The van der Waals surface area contributed by atoms with E-state index >= 15 is 0 Å². The number of rotatable bonds is 8. The molecule has 0 unspecified atom stereocenters. The number of amides is 1. The summed E-state index contributed by atoms with van der Waals surface area (Å²) < 4.78 is 5.19. The molecule has 1 amide bonds. The lowest BCUT2D eigenvalue weighted by Gasteiger charge is -2.12. The van der Waals surface area contributed by atoms with Crippen molar-refractivity contribution in [3.05, 3.63) is 65.9 Å². The molecule has 2 N–H and O–H groups in total. The van der Waals surface area contributed by atoms with Crippen molar-refractivity contribution in [2.24, 2.45) is 0 Å². The molecule has 0 radical (unpaired) electrons. The summed E-state index contributed by atoms with van der Waals surface area (Å²) in [5.41, 5.74) is 2.51. The van der Waals surface area contributed by atoms with Crippen LogP contribution in [0.25, 0.3) is 10.9 Å². The van der Waals surface area contributed by atoms with Crippen LogP contribution >= 0.6 is 0 Å². The van der Waals surface area contributed by atoms with Crippen molar-refractivity contribution < 1.29 is 14.3 Å². The third-order valence-corrected chi connectivity index (χ3v) is 4.38. The first-order chi connectivity index (χ1) is 12.7. The van der Waals surface area contributed by atoms with Crippen molar-refractivity contribution in [3.63, 3.8) is 0 Å². The van der Waals surface area contributed by atoms with Crippen LogP contribution in [0.2, 0.25) is 0 Å². The lowest BCUT2D eigenvalue weighted by molar-refractivity contribution is -0.109. The molecule has 0 saturated carbocycles. The Bertz CT molecular complexity index is 887. The van der Waals surface area contributed by atoms with Crippen LogP contribution in [-0.4, -0.2) is 30.3 Å². The molecule has 1 atom stereocenters. The Kier molecular flexibility index (Phi) is 5.69. The Balaban J connectivity index is 1.59. The van der Waals surface area contributed by atoms with E-state index in [0.29, 0.717) is 12.1 Å². The minimum absolute atomic E-state index is 0.281. The standard InChI is InChI=1S/C21H22N2O3/c1-26-18-10-11-19-16(12-18)13-20(23-19)21(25)22-17(14-24)9-5-8-15-6-3-2-4-7-15/h2-4,6-7,10-14,17,23H,5,8-9H2,1H3,(H,22,25)/t17-/m1/s1. The van der Waals surface area contributed by atoms with Gasteiger partial charge in [0, 0.05) is 10.9 Å². The predicted octanol–water partition coefficient (Wildman–Crippen LogP) is 3.50. The quantitative estimate of drug-likeness (QED) is 0.611. The van der Waals surface area contributed by atoms with E-state index in [1.807, 2.05) is 36.4 Å². The summed E-state index contributed by atoms with van der Waals surface area (Å²) in [7, 11) is 1.60. The van der Waals surface area contributed by atoms with Gasteiger partial charge in [-0.2, -0.15) is 0 Å². The highest BCUT2D eigenvalue weighted by Crippen LogP contribution is 2.21. The number of carbonyl (C=O) groups excluding carboxylic acids is 2. The molecule has 0 bridgehead atoms. The predicted molar refractivity (Wildman–Crippen MR) is 102 cm³/mol. The van der Waals surface area contributed by atoms with Crippen molar-refractivity contribution in [2.45, 2.75) is 25.3 Å². The summed E-state index contributed by atoms with van der Waals surface area (Å²) in [6.07, 6.45) is 3.12. The highest BCUT2D eigenvalue weighted by Gasteiger charge is 2.15. The summed E-state index contributed by atoms with van der Waals surface area (Å²) in [5, 5.41) is 3.68. The molecule has 0 spiro atoms. The van der Waals surface area contributed by atoms with Gasteiger partial charge in [0.2, 0.25) is 0 Å². The molecule has 1 heterocycles. The van der Waals surface area contributed by atoms with Crippen LogP contribution in [0.15, 0.2) is 54.6 Å². The molecule has 3 aromatic rings. The number of hydrogen-bond donors (Lipinski definition) is 2. The van der Waals surface area contributed by atoms with E-state index in [2.05, 4.69) is 22.4 Å². The topological polar surface area (TPSA) is 71.2 Å². The Morgan fingerprint density at radius 2 is 2.00 bits per heavy atom. The minimum Gasteiger partial charge on any atom is -0.497 e. The van der Waals surface area contributed by atoms with Crippen LogP contribution in [0.5, 0.6) is 5.75 Å². The van der Waals surface area contributed by atoms with Crippen LogP contribution in [0, 0.1) is 0 Å². The number of carbonyl (C=O) groups is 2. The zero-order valence-corrected chi connectivity index (χ0v) is 14.7. The Morgan fingerprint density at radius 1 is 1.19 bits per heavy atom. The van der Waals surface area contributed by atoms with Crippen LogP contribution in [0.1, 0.15) is 28.9 Å². The number of aryl methyl sites for hydroxylation is 1. The zero-order chi connectivity index (χ0) is 18.4. The summed E-state index contributed by atoms with van der Waals surface area (Å²) in [6, 6.07) is 16.9. The maximum absolute atomic E-state index is 12.4.